The molecule has 0 bridgehead atoms. The van der Waals surface area contributed by atoms with Crippen molar-refractivity contribution in [2.24, 2.45) is 0 Å². The van der Waals surface area contributed by atoms with E-state index in [2.05, 4.69) is 16.7 Å². The lowest BCUT2D eigenvalue weighted by Gasteiger charge is -2.14. The highest BCUT2D eigenvalue weighted by molar-refractivity contribution is 5.94. The molecule has 1 atom stereocenters. The Balaban J connectivity index is 1.51. The Morgan fingerprint density at radius 3 is 2.43 bits per heavy atom. The van der Waals surface area contributed by atoms with Gasteiger partial charge < -0.3 is 15.4 Å². The van der Waals surface area contributed by atoms with Crippen LogP contribution >= 0.6 is 0 Å². The SMILES string of the molecule is COc1ccc2cc(CNC(=O)CC(C)NC(=O)c3ccccc3)ccc2c1. The molecule has 2 amide bonds. The van der Waals surface area contributed by atoms with Crippen molar-refractivity contribution in [3.05, 3.63) is 77.9 Å². The maximum absolute atomic E-state index is 12.2. The summed E-state index contributed by atoms with van der Waals surface area (Å²) in [7, 11) is 1.65. The molecule has 3 rings (SSSR count). The number of fused-ring (bicyclic) bond motifs is 1. The maximum Gasteiger partial charge on any atom is 0.251 e. The summed E-state index contributed by atoms with van der Waals surface area (Å²) in [5.74, 6) is 0.543. The highest BCUT2D eigenvalue weighted by Crippen LogP contribution is 2.21. The van der Waals surface area contributed by atoms with Crippen LogP contribution in [0.4, 0.5) is 0 Å². The van der Waals surface area contributed by atoms with Crippen LogP contribution in [0, 0.1) is 0 Å². The molecule has 28 heavy (non-hydrogen) atoms. The topological polar surface area (TPSA) is 67.4 Å². The van der Waals surface area contributed by atoms with Crippen molar-refractivity contribution in [1.82, 2.24) is 10.6 Å². The number of rotatable bonds is 7. The normalized spacial score (nSPS) is 11.6. The lowest BCUT2D eigenvalue weighted by atomic mass is 10.1. The predicted molar refractivity (Wildman–Crippen MR) is 110 cm³/mol. The summed E-state index contributed by atoms with van der Waals surface area (Å²) < 4.78 is 5.24. The van der Waals surface area contributed by atoms with Crippen molar-refractivity contribution in [2.45, 2.75) is 25.9 Å². The maximum atomic E-state index is 12.2. The van der Waals surface area contributed by atoms with Crippen molar-refractivity contribution in [2.75, 3.05) is 7.11 Å². The molecule has 0 spiro atoms. The molecule has 0 aliphatic heterocycles. The molecule has 0 aliphatic carbocycles. The fourth-order valence-corrected chi connectivity index (χ4v) is 3.01. The summed E-state index contributed by atoms with van der Waals surface area (Å²) in [5.41, 5.74) is 1.61. The van der Waals surface area contributed by atoms with Gasteiger partial charge in [-0.1, -0.05) is 36.4 Å². The van der Waals surface area contributed by atoms with Gasteiger partial charge in [0.1, 0.15) is 5.75 Å². The van der Waals surface area contributed by atoms with E-state index in [1.54, 1.807) is 19.2 Å². The van der Waals surface area contributed by atoms with Crippen LogP contribution < -0.4 is 15.4 Å². The molecular weight excluding hydrogens is 352 g/mol. The third kappa shape index (κ3) is 5.10. The number of nitrogens with one attached hydrogen (secondary N) is 2. The number of benzene rings is 3. The quantitative estimate of drug-likeness (QED) is 0.661. The number of methoxy groups -OCH3 is 1. The van der Waals surface area contributed by atoms with Crippen LogP contribution in [0.25, 0.3) is 10.8 Å². The second-order valence-corrected chi connectivity index (χ2v) is 6.77. The molecule has 3 aromatic rings. The van der Waals surface area contributed by atoms with Gasteiger partial charge in [0.2, 0.25) is 5.91 Å². The van der Waals surface area contributed by atoms with Crippen molar-refractivity contribution in [3.63, 3.8) is 0 Å². The van der Waals surface area contributed by atoms with Gasteiger partial charge in [-0.25, -0.2) is 0 Å². The number of amides is 2. The molecule has 0 aliphatic rings. The van der Waals surface area contributed by atoms with Crippen LogP contribution in [0.1, 0.15) is 29.3 Å². The van der Waals surface area contributed by atoms with Gasteiger partial charge in [0, 0.05) is 24.6 Å². The highest BCUT2D eigenvalue weighted by Gasteiger charge is 2.13. The van der Waals surface area contributed by atoms with Crippen LogP contribution in [0.15, 0.2) is 66.7 Å². The van der Waals surface area contributed by atoms with Crippen LogP contribution in [-0.2, 0) is 11.3 Å². The molecule has 0 heterocycles. The number of hydrogen-bond acceptors (Lipinski definition) is 3. The molecule has 0 saturated carbocycles. The largest absolute Gasteiger partial charge is 0.497 e. The molecule has 5 nitrogen and oxygen atoms in total. The molecule has 0 saturated heterocycles. The minimum absolute atomic E-state index is 0.101. The summed E-state index contributed by atoms with van der Waals surface area (Å²) in [6, 6.07) is 20.7. The molecule has 2 N–H and O–H groups in total. The summed E-state index contributed by atoms with van der Waals surface area (Å²) >= 11 is 0. The monoisotopic (exact) mass is 376 g/mol. The molecule has 1 unspecified atom stereocenters. The Morgan fingerprint density at radius 1 is 0.964 bits per heavy atom. The van der Waals surface area contributed by atoms with E-state index < -0.39 is 0 Å². The molecular formula is C23H24N2O3. The van der Waals surface area contributed by atoms with E-state index in [4.69, 9.17) is 4.74 Å². The fourth-order valence-electron chi connectivity index (χ4n) is 3.01. The summed E-state index contributed by atoms with van der Waals surface area (Å²) in [5, 5.41) is 7.95. The van der Waals surface area contributed by atoms with Crippen LogP contribution in [-0.4, -0.2) is 25.0 Å². The van der Waals surface area contributed by atoms with Crippen molar-refractivity contribution in [1.29, 1.82) is 0 Å². The Hall–Kier alpha value is -3.34. The van der Waals surface area contributed by atoms with E-state index in [1.807, 2.05) is 55.5 Å². The molecule has 0 aromatic heterocycles. The zero-order valence-electron chi connectivity index (χ0n) is 16.1. The standard InChI is InChI=1S/C23H24N2O3/c1-16(25-23(27)18-6-4-3-5-7-18)12-22(26)24-15-17-8-9-20-14-21(28-2)11-10-19(20)13-17/h3-11,13-14,16H,12,15H2,1-2H3,(H,24,26)(H,25,27). The average Bonchev–Trinajstić information content (AvgIpc) is 2.72. The first kappa shape index (κ1) is 19.4. The van der Waals surface area contributed by atoms with Gasteiger partial charge in [-0.3, -0.25) is 9.59 Å². The van der Waals surface area contributed by atoms with E-state index in [-0.39, 0.29) is 24.3 Å². The minimum atomic E-state index is -0.253. The van der Waals surface area contributed by atoms with Crippen molar-refractivity contribution in [3.8, 4) is 5.75 Å². The Kier molecular flexibility index (Phi) is 6.27. The lowest BCUT2D eigenvalue weighted by Crippen LogP contribution is -2.37. The van der Waals surface area contributed by atoms with E-state index in [1.165, 1.54) is 0 Å². The first-order chi connectivity index (χ1) is 13.5. The van der Waals surface area contributed by atoms with Gasteiger partial charge >= 0.3 is 0 Å². The third-order valence-corrected chi connectivity index (χ3v) is 4.51. The Labute approximate surface area is 164 Å². The molecule has 5 heteroatoms. The number of hydrogen-bond donors (Lipinski definition) is 2. The van der Waals surface area contributed by atoms with E-state index in [0.29, 0.717) is 12.1 Å². The van der Waals surface area contributed by atoms with Crippen molar-refractivity contribution < 1.29 is 14.3 Å². The van der Waals surface area contributed by atoms with Gasteiger partial charge in [-0.05, 0) is 53.6 Å². The van der Waals surface area contributed by atoms with Gasteiger partial charge in [0.05, 0.1) is 7.11 Å². The summed E-state index contributed by atoms with van der Waals surface area (Å²) in [6.07, 6.45) is 0.226. The number of ether oxygens (including phenoxy) is 1. The first-order valence-electron chi connectivity index (χ1n) is 9.24. The first-order valence-corrected chi connectivity index (χ1v) is 9.24. The fraction of sp³-hybridized carbons (Fsp3) is 0.217. The molecule has 144 valence electrons. The number of carbonyl (C=O) groups is 2. The van der Waals surface area contributed by atoms with Crippen molar-refractivity contribution >= 4 is 22.6 Å². The molecule has 0 radical (unpaired) electrons. The zero-order valence-corrected chi connectivity index (χ0v) is 16.1. The predicted octanol–water partition coefficient (Wildman–Crippen LogP) is 3.67. The van der Waals surface area contributed by atoms with Gasteiger partial charge in [0.15, 0.2) is 0 Å². The van der Waals surface area contributed by atoms with Gasteiger partial charge in [-0.2, -0.15) is 0 Å². The van der Waals surface area contributed by atoms with Gasteiger partial charge in [-0.15, -0.1) is 0 Å². The minimum Gasteiger partial charge on any atom is -0.497 e. The van der Waals surface area contributed by atoms with Gasteiger partial charge in [0.25, 0.3) is 5.91 Å². The Bertz CT molecular complexity index is 970. The van der Waals surface area contributed by atoms with E-state index in [0.717, 1.165) is 22.1 Å². The average molecular weight is 376 g/mol. The Morgan fingerprint density at radius 2 is 1.68 bits per heavy atom. The van der Waals surface area contributed by atoms with E-state index >= 15 is 0 Å². The lowest BCUT2D eigenvalue weighted by molar-refractivity contribution is -0.121. The van der Waals surface area contributed by atoms with Crippen LogP contribution in [0.5, 0.6) is 5.75 Å². The number of carbonyl (C=O) groups excluding carboxylic acids is 2. The zero-order chi connectivity index (χ0) is 19.9. The van der Waals surface area contributed by atoms with Crippen LogP contribution in [0.2, 0.25) is 0 Å². The molecule has 0 fully saturated rings. The highest BCUT2D eigenvalue weighted by atomic mass is 16.5. The second kappa shape index (κ2) is 9.04. The second-order valence-electron chi connectivity index (χ2n) is 6.77. The summed E-state index contributed by atoms with van der Waals surface area (Å²) in [6.45, 7) is 2.27. The van der Waals surface area contributed by atoms with Crippen LogP contribution in [0.3, 0.4) is 0 Å². The smallest absolute Gasteiger partial charge is 0.251 e. The summed E-state index contributed by atoms with van der Waals surface area (Å²) in [4.78, 5) is 24.3. The molecule has 3 aromatic carbocycles. The van der Waals surface area contributed by atoms with E-state index in [9.17, 15) is 9.59 Å². The third-order valence-electron chi connectivity index (χ3n) is 4.51.